The normalized spacial score (nSPS) is 9.83. The molecule has 0 bridgehead atoms. The number of hydrogen-bond acceptors (Lipinski definition) is 4. The van der Waals surface area contributed by atoms with Gasteiger partial charge in [-0.1, -0.05) is 24.1 Å². The zero-order chi connectivity index (χ0) is 21.3. The monoisotopic (exact) mass is 396 g/mol. The molecule has 0 atom stereocenters. The van der Waals surface area contributed by atoms with Gasteiger partial charge in [0.25, 0.3) is 5.91 Å². The van der Waals surface area contributed by atoms with Crippen LogP contribution in [0.4, 0.5) is 5.69 Å². The maximum Gasteiger partial charge on any atom is 0.258 e. The number of anilines is 1. The Morgan fingerprint density at radius 1 is 0.967 bits per heavy atom. The number of ether oxygens (including phenoxy) is 2. The van der Waals surface area contributed by atoms with E-state index < -0.39 is 0 Å². The largest absolute Gasteiger partial charge is 0.489 e. The maximum atomic E-state index is 12.8. The van der Waals surface area contributed by atoms with E-state index >= 15 is 0 Å². The van der Waals surface area contributed by atoms with E-state index in [4.69, 9.17) is 21.2 Å². The Morgan fingerprint density at radius 3 is 2.27 bits per heavy atom. The molecule has 0 saturated carbocycles. The minimum Gasteiger partial charge on any atom is -0.489 e. The van der Waals surface area contributed by atoms with Gasteiger partial charge in [0.2, 0.25) is 0 Å². The summed E-state index contributed by atoms with van der Waals surface area (Å²) in [6.07, 6.45) is 5.18. The lowest BCUT2D eigenvalue weighted by Crippen LogP contribution is -2.26. The fourth-order valence-corrected chi connectivity index (χ4v) is 2.81. The first-order valence-electron chi connectivity index (χ1n) is 9.27. The lowest BCUT2D eigenvalue weighted by atomic mass is 10.1. The van der Waals surface area contributed by atoms with Gasteiger partial charge in [-0.05, 0) is 54.6 Å². The number of carbonyl (C=O) groups is 1. The second kappa shape index (κ2) is 9.82. The summed E-state index contributed by atoms with van der Waals surface area (Å²) in [5.41, 5.74) is 2.67. The second-order valence-electron chi connectivity index (χ2n) is 6.43. The first kappa shape index (κ1) is 20.5. The standard InChI is InChI=1S/C25H20N2O3/c1-3-16-29-23-14-10-22(11-15-23)27(2)25(28)19-8-12-24(13-9-19)30-18-21-7-5-4-6-20(21)17-26/h1,4-15H,16,18H2,2H3. The molecule has 3 aromatic rings. The first-order valence-corrected chi connectivity index (χ1v) is 9.27. The molecule has 0 radical (unpaired) electrons. The van der Waals surface area contributed by atoms with Crippen LogP contribution in [0.15, 0.2) is 72.8 Å². The van der Waals surface area contributed by atoms with E-state index in [1.165, 1.54) is 0 Å². The van der Waals surface area contributed by atoms with Crippen LogP contribution in [0.1, 0.15) is 21.5 Å². The fraction of sp³-hybridized carbons (Fsp3) is 0.120. The molecule has 5 heteroatoms. The van der Waals surface area contributed by atoms with Crippen LogP contribution in [0, 0.1) is 23.7 Å². The van der Waals surface area contributed by atoms with E-state index in [0.717, 1.165) is 11.3 Å². The van der Waals surface area contributed by atoms with Crippen LogP contribution in [0.3, 0.4) is 0 Å². The van der Waals surface area contributed by atoms with Crippen LogP contribution >= 0.6 is 0 Å². The molecule has 0 aliphatic heterocycles. The fourth-order valence-electron chi connectivity index (χ4n) is 2.81. The van der Waals surface area contributed by atoms with E-state index in [1.807, 2.05) is 18.2 Å². The van der Waals surface area contributed by atoms with Crippen LogP contribution in [0.5, 0.6) is 11.5 Å². The SMILES string of the molecule is C#CCOc1ccc(N(C)C(=O)c2ccc(OCc3ccccc3C#N)cc2)cc1. The minimum absolute atomic E-state index is 0.145. The minimum atomic E-state index is -0.145. The maximum absolute atomic E-state index is 12.8. The van der Waals surface area contributed by atoms with Crippen molar-refractivity contribution in [3.05, 3.63) is 89.5 Å². The number of rotatable bonds is 7. The van der Waals surface area contributed by atoms with Crippen LogP contribution < -0.4 is 14.4 Å². The van der Waals surface area contributed by atoms with E-state index in [1.54, 1.807) is 66.5 Å². The molecule has 0 aromatic heterocycles. The van der Waals surface area contributed by atoms with Crippen molar-refractivity contribution in [2.24, 2.45) is 0 Å². The molecule has 3 rings (SSSR count). The third kappa shape index (κ3) is 4.98. The van der Waals surface area contributed by atoms with Gasteiger partial charge in [-0.3, -0.25) is 4.79 Å². The molecule has 0 aliphatic rings. The summed E-state index contributed by atoms with van der Waals surface area (Å²) in [7, 11) is 1.71. The Balaban J connectivity index is 1.63. The van der Waals surface area contributed by atoms with Crippen molar-refractivity contribution < 1.29 is 14.3 Å². The van der Waals surface area contributed by atoms with Crippen molar-refractivity contribution in [2.75, 3.05) is 18.6 Å². The van der Waals surface area contributed by atoms with E-state index in [0.29, 0.717) is 22.6 Å². The Kier molecular flexibility index (Phi) is 6.71. The summed E-state index contributed by atoms with van der Waals surface area (Å²) in [4.78, 5) is 14.3. The molecular weight excluding hydrogens is 376 g/mol. The number of benzene rings is 3. The highest BCUT2D eigenvalue weighted by Crippen LogP contribution is 2.21. The molecule has 3 aromatic carbocycles. The molecule has 0 fully saturated rings. The van der Waals surface area contributed by atoms with Crippen LogP contribution in [0.2, 0.25) is 0 Å². The summed E-state index contributed by atoms with van der Waals surface area (Å²) in [6, 6.07) is 23.5. The average molecular weight is 396 g/mol. The zero-order valence-corrected chi connectivity index (χ0v) is 16.5. The quantitative estimate of drug-likeness (QED) is 0.555. The summed E-state index contributed by atoms with van der Waals surface area (Å²) in [5, 5.41) is 9.15. The molecule has 0 heterocycles. The van der Waals surface area contributed by atoms with Gasteiger partial charge in [0.15, 0.2) is 0 Å². The molecular formula is C25H20N2O3. The van der Waals surface area contributed by atoms with E-state index in [2.05, 4.69) is 12.0 Å². The van der Waals surface area contributed by atoms with Crippen LogP contribution in [-0.2, 0) is 6.61 Å². The first-order chi connectivity index (χ1) is 14.6. The van der Waals surface area contributed by atoms with Crippen molar-refractivity contribution in [1.82, 2.24) is 0 Å². The average Bonchev–Trinajstić information content (AvgIpc) is 2.81. The zero-order valence-electron chi connectivity index (χ0n) is 16.5. The molecule has 1 amide bonds. The highest BCUT2D eigenvalue weighted by molar-refractivity contribution is 6.05. The number of hydrogen-bond donors (Lipinski definition) is 0. The summed E-state index contributed by atoms with van der Waals surface area (Å²) in [6.45, 7) is 0.482. The van der Waals surface area contributed by atoms with Crippen molar-refractivity contribution in [3.63, 3.8) is 0 Å². The van der Waals surface area contributed by atoms with Gasteiger partial charge >= 0.3 is 0 Å². The van der Waals surface area contributed by atoms with Crippen molar-refractivity contribution in [2.45, 2.75) is 6.61 Å². The lowest BCUT2D eigenvalue weighted by molar-refractivity contribution is 0.0993. The van der Waals surface area contributed by atoms with Gasteiger partial charge in [0.1, 0.15) is 24.7 Å². The highest BCUT2D eigenvalue weighted by atomic mass is 16.5. The van der Waals surface area contributed by atoms with Gasteiger partial charge in [-0.15, -0.1) is 6.42 Å². The predicted octanol–water partition coefficient (Wildman–Crippen LogP) is 4.43. The number of terminal acetylenes is 1. The van der Waals surface area contributed by atoms with Crippen LogP contribution in [0.25, 0.3) is 0 Å². The molecule has 5 nitrogen and oxygen atoms in total. The highest BCUT2D eigenvalue weighted by Gasteiger charge is 2.14. The van der Waals surface area contributed by atoms with Gasteiger partial charge < -0.3 is 14.4 Å². The summed E-state index contributed by atoms with van der Waals surface area (Å²) >= 11 is 0. The van der Waals surface area contributed by atoms with Crippen molar-refractivity contribution >= 4 is 11.6 Å². The molecule has 0 saturated heterocycles. The Morgan fingerprint density at radius 2 is 1.60 bits per heavy atom. The lowest BCUT2D eigenvalue weighted by Gasteiger charge is -2.18. The van der Waals surface area contributed by atoms with Gasteiger partial charge in [0, 0.05) is 23.9 Å². The number of amides is 1. The number of nitriles is 1. The molecule has 0 aliphatic carbocycles. The van der Waals surface area contributed by atoms with E-state index in [-0.39, 0.29) is 19.1 Å². The summed E-state index contributed by atoms with van der Waals surface area (Å²) < 4.78 is 11.1. The molecule has 30 heavy (non-hydrogen) atoms. The molecule has 0 N–H and O–H groups in total. The third-order valence-corrected chi connectivity index (χ3v) is 4.48. The smallest absolute Gasteiger partial charge is 0.258 e. The van der Waals surface area contributed by atoms with Crippen LogP contribution in [-0.4, -0.2) is 19.6 Å². The van der Waals surface area contributed by atoms with Crippen molar-refractivity contribution in [3.8, 4) is 29.9 Å². The Labute approximate surface area is 176 Å². The molecule has 0 unspecified atom stereocenters. The van der Waals surface area contributed by atoms with Gasteiger partial charge in [-0.25, -0.2) is 0 Å². The Bertz CT molecular complexity index is 1090. The molecule has 0 spiro atoms. The predicted molar refractivity (Wildman–Crippen MR) is 115 cm³/mol. The van der Waals surface area contributed by atoms with Crippen molar-refractivity contribution in [1.29, 1.82) is 5.26 Å². The Hall–Kier alpha value is -4.22. The van der Waals surface area contributed by atoms with Gasteiger partial charge in [-0.2, -0.15) is 5.26 Å². The molecule has 148 valence electrons. The number of nitrogens with zero attached hydrogens (tertiary/aromatic N) is 2. The number of carbonyl (C=O) groups excluding carboxylic acids is 1. The van der Waals surface area contributed by atoms with Gasteiger partial charge in [0.05, 0.1) is 11.6 Å². The topological polar surface area (TPSA) is 62.6 Å². The third-order valence-electron chi connectivity index (χ3n) is 4.48. The van der Waals surface area contributed by atoms with E-state index in [9.17, 15) is 4.79 Å². The summed E-state index contributed by atoms with van der Waals surface area (Å²) in [5.74, 6) is 3.54. The second-order valence-corrected chi connectivity index (χ2v) is 6.43.